The van der Waals surface area contributed by atoms with Crippen LogP contribution in [0.3, 0.4) is 0 Å². The highest BCUT2D eigenvalue weighted by molar-refractivity contribution is 6.05. The van der Waals surface area contributed by atoms with Crippen LogP contribution in [-0.4, -0.2) is 9.67 Å². The fourth-order valence-electron chi connectivity index (χ4n) is 2.23. The van der Waals surface area contributed by atoms with Crippen LogP contribution in [0.2, 0.25) is 0 Å². The molecule has 0 saturated heterocycles. The van der Waals surface area contributed by atoms with Crippen LogP contribution < -0.4 is 5.56 Å². The predicted octanol–water partition coefficient (Wildman–Crippen LogP) is 2.40. The van der Waals surface area contributed by atoms with Crippen LogP contribution in [0, 0.1) is 0 Å². The minimum absolute atomic E-state index is 0.0429. The summed E-state index contributed by atoms with van der Waals surface area (Å²) in [5.74, 6) is 0.177. The molecule has 0 amide bonds. The molecule has 0 radical (unpaired) electrons. The van der Waals surface area contributed by atoms with E-state index in [9.17, 15) is 9.90 Å². The Bertz CT molecular complexity index is 787. The first-order chi connectivity index (χ1) is 8.18. The van der Waals surface area contributed by atoms with Gasteiger partial charge in [0.15, 0.2) is 0 Å². The van der Waals surface area contributed by atoms with Crippen molar-refractivity contribution >= 4 is 21.7 Å². The Hall–Kier alpha value is -2.29. The standard InChI is InChI=1S/C14H11NO2/c1-15-13-5-3-2-4-10(13)12-8-9(16)6-7-11(12)14(15)17/h2-8,16H,1H3. The maximum absolute atomic E-state index is 12.1. The zero-order valence-corrected chi connectivity index (χ0v) is 9.34. The van der Waals surface area contributed by atoms with Gasteiger partial charge in [0.25, 0.3) is 5.56 Å². The first-order valence-electron chi connectivity index (χ1n) is 5.39. The Kier molecular flexibility index (Phi) is 1.95. The lowest BCUT2D eigenvalue weighted by molar-refractivity contribution is 0.476. The molecule has 0 saturated carbocycles. The van der Waals surface area contributed by atoms with Crippen LogP contribution >= 0.6 is 0 Å². The van der Waals surface area contributed by atoms with Crippen LogP contribution in [-0.2, 0) is 7.05 Å². The van der Waals surface area contributed by atoms with E-state index in [0.717, 1.165) is 16.3 Å². The van der Waals surface area contributed by atoms with Crippen molar-refractivity contribution in [3.8, 4) is 5.75 Å². The van der Waals surface area contributed by atoms with Crippen molar-refractivity contribution in [2.45, 2.75) is 0 Å². The predicted molar refractivity (Wildman–Crippen MR) is 68.4 cm³/mol. The number of phenolic OH excluding ortho intramolecular Hbond substituents is 1. The van der Waals surface area contributed by atoms with Crippen LogP contribution in [0.4, 0.5) is 0 Å². The Morgan fingerprint density at radius 1 is 1.00 bits per heavy atom. The lowest BCUT2D eigenvalue weighted by Gasteiger charge is -2.08. The topological polar surface area (TPSA) is 42.2 Å². The van der Waals surface area contributed by atoms with Gasteiger partial charge in [0.2, 0.25) is 0 Å². The third kappa shape index (κ3) is 1.32. The quantitative estimate of drug-likeness (QED) is 0.597. The van der Waals surface area contributed by atoms with E-state index in [1.54, 1.807) is 29.8 Å². The molecule has 1 heterocycles. The van der Waals surface area contributed by atoms with Crippen molar-refractivity contribution < 1.29 is 5.11 Å². The summed E-state index contributed by atoms with van der Waals surface area (Å²) in [7, 11) is 1.76. The number of benzene rings is 2. The number of aryl methyl sites for hydroxylation is 1. The lowest BCUT2D eigenvalue weighted by atomic mass is 10.1. The van der Waals surface area contributed by atoms with Crippen LogP contribution in [0.5, 0.6) is 5.75 Å². The fourth-order valence-corrected chi connectivity index (χ4v) is 2.23. The molecule has 3 heteroatoms. The van der Waals surface area contributed by atoms with Crippen molar-refractivity contribution in [2.75, 3.05) is 0 Å². The molecule has 2 aromatic carbocycles. The zero-order valence-electron chi connectivity index (χ0n) is 9.34. The highest BCUT2D eigenvalue weighted by Gasteiger charge is 2.07. The second-order valence-corrected chi connectivity index (χ2v) is 4.11. The van der Waals surface area contributed by atoms with E-state index < -0.39 is 0 Å². The summed E-state index contributed by atoms with van der Waals surface area (Å²) in [6, 6.07) is 12.5. The molecule has 1 N–H and O–H groups in total. The van der Waals surface area contributed by atoms with Crippen molar-refractivity contribution in [3.05, 3.63) is 52.8 Å². The van der Waals surface area contributed by atoms with E-state index in [1.165, 1.54) is 0 Å². The number of fused-ring (bicyclic) bond motifs is 3. The highest BCUT2D eigenvalue weighted by atomic mass is 16.3. The molecule has 0 aliphatic rings. The van der Waals surface area contributed by atoms with E-state index in [-0.39, 0.29) is 11.3 Å². The minimum atomic E-state index is -0.0429. The van der Waals surface area contributed by atoms with Crippen molar-refractivity contribution in [3.63, 3.8) is 0 Å². The highest BCUT2D eigenvalue weighted by Crippen LogP contribution is 2.25. The van der Waals surface area contributed by atoms with Gasteiger partial charge < -0.3 is 9.67 Å². The number of phenols is 1. The number of hydrogen-bond donors (Lipinski definition) is 1. The first-order valence-corrected chi connectivity index (χ1v) is 5.39. The van der Waals surface area contributed by atoms with Gasteiger partial charge in [-0.05, 0) is 24.3 Å². The lowest BCUT2D eigenvalue weighted by Crippen LogP contribution is -2.17. The van der Waals surface area contributed by atoms with Gasteiger partial charge in [0.1, 0.15) is 5.75 Å². The summed E-state index contributed by atoms with van der Waals surface area (Å²) in [4.78, 5) is 12.1. The van der Waals surface area contributed by atoms with E-state index >= 15 is 0 Å². The molecule has 84 valence electrons. The second kappa shape index (κ2) is 3.35. The molecule has 3 rings (SSSR count). The molecule has 3 nitrogen and oxygen atoms in total. The van der Waals surface area contributed by atoms with Gasteiger partial charge in [-0.1, -0.05) is 18.2 Å². The van der Waals surface area contributed by atoms with Gasteiger partial charge in [-0.15, -0.1) is 0 Å². The summed E-state index contributed by atoms with van der Waals surface area (Å²) in [6.07, 6.45) is 0. The van der Waals surface area contributed by atoms with Gasteiger partial charge >= 0.3 is 0 Å². The molecule has 0 atom stereocenters. The van der Waals surface area contributed by atoms with E-state index in [0.29, 0.717) is 5.39 Å². The number of hydrogen-bond acceptors (Lipinski definition) is 2. The molecular formula is C14H11NO2. The average Bonchev–Trinajstić information content (AvgIpc) is 2.36. The molecule has 1 aromatic heterocycles. The van der Waals surface area contributed by atoms with Crippen LogP contribution in [0.25, 0.3) is 21.7 Å². The maximum Gasteiger partial charge on any atom is 0.258 e. The summed E-state index contributed by atoms with van der Waals surface area (Å²) in [5.41, 5.74) is 0.828. The van der Waals surface area contributed by atoms with Gasteiger partial charge in [0, 0.05) is 23.2 Å². The fraction of sp³-hybridized carbons (Fsp3) is 0.0714. The summed E-state index contributed by atoms with van der Waals surface area (Å²) in [6.45, 7) is 0. The molecular weight excluding hydrogens is 214 g/mol. The Morgan fingerprint density at radius 2 is 1.76 bits per heavy atom. The largest absolute Gasteiger partial charge is 0.508 e. The summed E-state index contributed by atoms with van der Waals surface area (Å²) in [5, 5.41) is 11.9. The molecule has 0 spiro atoms. The van der Waals surface area contributed by atoms with E-state index in [1.807, 2.05) is 24.3 Å². The van der Waals surface area contributed by atoms with Gasteiger partial charge in [-0.3, -0.25) is 4.79 Å². The van der Waals surface area contributed by atoms with Crippen LogP contribution in [0.15, 0.2) is 47.3 Å². The number of aromatic nitrogens is 1. The molecule has 0 bridgehead atoms. The smallest absolute Gasteiger partial charge is 0.258 e. The van der Waals surface area contributed by atoms with E-state index in [4.69, 9.17) is 0 Å². The van der Waals surface area contributed by atoms with Gasteiger partial charge in [0.05, 0.1) is 5.52 Å². The summed E-state index contributed by atoms with van der Waals surface area (Å²) < 4.78 is 1.63. The molecule has 0 aliphatic heterocycles. The molecule has 3 aromatic rings. The Morgan fingerprint density at radius 3 is 2.59 bits per heavy atom. The molecule has 0 aliphatic carbocycles. The molecule has 0 unspecified atom stereocenters. The molecule has 0 fully saturated rings. The summed E-state index contributed by atoms with van der Waals surface area (Å²) >= 11 is 0. The van der Waals surface area contributed by atoms with Gasteiger partial charge in [-0.2, -0.15) is 0 Å². The second-order valence-electron chi connectivity index (χ2n) is 4.11. The number of rotatable bonds is 0. The SMILES string of the molecule is Cn1c(=O)c2ccc(O)cc2c2ccccc21. The Balaban J connectivity index is 2.71. The normalized spacial score (nSPS) is 11.1. The third-order valence-electron chi connectivity index (χ3n) is 3.09. The van der Waals surface area contributed by atoms with Crippen molar-refractivity contribution in [1.82, 2.24) is 4.57 Å². The maximum atomic E-state index is 12.1. The minimum Gasteiger partial charge on any atom is -0.508 e. The first kappa shape index (κ1) is 9.90. The monoisotopic (exact) mass is 225 g/mol. The van der Waals surface area contributed by atoms with Crippen molar-refractivity contribution in [1.29, 1.82) is 0 Å². The average molecular weight is 225 g/mol. The molecule has 17 heavy (non-hydrogen) atoms. The third-order valence-corrected chi connectivity index (χ3v) is 3.09. The Labute approximate surface area is 97.5 Å². The number of aromatic hydroxyl groups is 1. The van der Waals surface area contributed by atoms with Gasteiger partial charge in [-0.25, -0.2) is 0 Å². The number of pyridine rings is 1. The van der Waals surface area contributed by atoms with Crippen molar-refractivity contribution in [2.24, 2.45) is 7.05 Å². The van der Waals surface area contributed by atoms with E-state index in [2.05, 4.69) is 0 Å². The number of para-hydroxylation sites is 1. The van der Waals surface area contributed by atoms with Crippen LogP contribution in [0.1, 0.15) is 0 Å². The zero-order chi connectivity index (χ0) is 12.0. The number of nitrogens with zero attached hydrogens (tertiary/aromatic N) is 1.